The standard InChI is InChI=1S/C19H17Cl2NO4/c1-12-4-2-3-5-15(12)24-9-8-22-17-13(6-7-14(20)16(17)21)19(18(22)23)25-10-11-26-19/h2-7H,8-11H2,1H3. The molecular weight excluding hydrogens is 377 g/mol. The van der Waals surface area contributed by atoms with E-state index in [0.29, 0.717) is 47.7 Å². The fraction of sp³-hybridized carbons (Fsp3) is 0.316. The molecule has 4 rings (SSSR count). The fourth-order valence-electron chi connectivity index (χ4n) is 3.33. The lowest BCUT2D eigenvalue weighted by atomic mass is 10.1. The molecule has 2 aromatic rings. The van der Waals surface area contributed by atoms with Gasteiger partial charge in [0.1, 0.15) is 12.4 Å². The lowest BCUT2D eigenvalue weighted by Crippen LogP contribution is -2.42. The van der Waals surface area contributed by atoms with E-state index in [1.165, 1.54) is 4.90 Å². The van der Waals surface area contributed by atoms with E-state index in [1.54, 1.807) is 12.1 Å². The third kappa shape index (κ3) is 2.67. The van der Waals surface area contributed by atoms with Crippen LogP contribution in [0.25, 0.3) is 0 Å². The topological polar surface area (TPSA) is 48.0 Å². The van der Waals surface area contributed by atoms with Crippen LogP contribution in [-0.2, 0) is 20.1 Å². The molecule has 2 heterocycles. The minimum absolute atomic E-state index is 0.300. The molecule has 5 nitrogen and oxygen atoms in total. The third-order valence-corrected chi connectivity index (χ3v) is 5.37. The van der Waals surface area contributed by atoms with E-state index < -0.39 is 5.79 Å². The zero-order chi connectivity index (χ0) is 18.3. The maximum atomic E-state index is 13.1. The Bertz CT molecular complexity index is 865. The summed E-state index contributed by atoms with van der Waals surface area (Å²) in [6.45, 7) is 3.26. The smallest absolute Gasteiger partial charge is 0.292 e. The van der Waals surface area contributed by atoms with Crippen LogP contribution in [0.4, 0.5) is 5.69 Å². The van der Waals surface area contributed by atoms with Gasteiger partial charge in [-0.05, 0) is 30.7 Å². The Kier molecular flexibility index (Phi) is 4.57. The minimum Gasteiger partial charge on any atom is -0.491 e. The fourth-order valence-corrected chi connectivity index (χ4v) is 3.75. The number of aryl methyl sites for hydroxylation is 1. The Balaban J connectivity index is 1.62. The molecule has 2 aliphatic heterocycles. The zero-order valence-corrected chi connectivity index (χ0v) is 15.6. The van der Waals surface area contributed by atoms with Gasteiger partial charge in [-0.25, -0.2) is 0 Å². The van der Waals surface area contributed by atoms with Gasteiger partial charge < -0.3 is 19.1 Å². The lowest BCUT2D eigenvalue weighted by Gasteiger charge is -2.22. The van der Waals surface area contributed by atoms with Crippen molar-refractivity contribution in [2.24, 2.45) is 0 Å². The zero-order valence-electron chi connectivity index (χ0n) is 14.1. The van der Waals surface area contributed by atoms with Gasteiger partial charge in [-0.3, -0.25) is 4.79 Å². The van der Waals surface area contributed by atoms with Gasteiger partial charge in [0.05, 0.1) is 35.5 Å². The highest BCUT2D eigenvalue weighted by Crippen LogP contribution is 2.50. The Labute approximate surface area is 161 Å². The average Bonchev–Trinajstić information content (AvgIpc) is 3.21. The van der Waals surface area contributed by atoms with Crippen molar-refractivity contribution in [2.75, 3.05) is 31.3 Å². The number of carbonyl (C=O) groups excluding carboxylic acids is 1. The van der Waals surface area contributed by atoms with Crippen molar-refractivity contribution >= 4 is 34.8 Å². The van der Waals surface area contributed by atoms with Crippen LogP contribution in [0, 0.1) is 6.92 Å². The summed E-state index contributed by atoms with van der Waals surface area (Å²) in [6, 6.07) is 11.1. The van der Waals surface area contributed by atoms with Crippen molar-refractivity contribution in [3.63, 3.8) is 0 Å². The SMILES string of the molecule is Cc1ccccc1OCCN1C(=O)C2(OCCO2)c2ccc(Cl)c(Cl)c21. The maximum absolute atomic E-state index is 13.1. The van der Waals surface area contributed by atoms with E-state index in [-0.39, 0.29) is 5.91 Å². The highest BCUT2D eigenvalue weighted by Gasteiger charge is 2.56. The second-order valence-electron chi connectivity index (χ2n) is 6.14. The number of hydrogen-bond acceptors (Lipinski definition) is 4. The lowest BCUT2D eigenvalue weighted by molar-refractivity contribution is -0.180. The van der Waals surface area contributed by atoms with Crippen LogP contribution < -0.4 is 9.64 Å². The molecule has 26 heavy (non-hydrogen) atoms. The summed E-state index contributed by atoms with van der Waals surface area (Å²) in [5.41, 5.74) is 2.14. The van der Waals surface area contributed by atoms with Crippen LogP contribution >= 0.6 is 23.2 Å². The van der Waals surface area contributed by atoms with E-state index in [9.17, 15) is 4.79 Å². The first kappa shape index (κ1) is 17.6. The van der Waals surface area contributed by atoms with E-state index >= 15 is 0 Å². The number of para-hydroxylation sites is 1. The number of nitrogens with zero attached hydrogens (tertiary/aromatic N) is 1. The van der Waals surface area contributed by atoms with Gasteiger partial charge in [0.15, 0.2) is 0 Å². The molecule has 0 atom stereocenters. The molecular formula is C19H17Cl2NO4. The summed E-state index contributed by atoms with van der Waals surface area (Å²) in [4.78, 5) is 14.6. The monoisotopic (exact) mass is 393 g/mol. The summed E-state index contributed by atoms with van der Waals surface area (Å²) in [7, 11) is 0. The molecule has 0 aromatic heterocycles. The van der Waals surface area contributed by atoms with Gasteiger partial charge in [0.2, 0.25) is 0 Å². The molecule has 1 saturated heterocycles. The molecule has 0 saturated carbocycles. The summed E-state index contributed by atoms with van der Waals surface area (Å²) in [5.74, 6) is -0.950. The van der Waals surface area contributed by atoms with E-state index in [0.717, 1.165) is 11.3 Å². The Morgan fingerprint density at radius 1 is 1.15 bits per heavy atom. The molecule has 2 aromatic carbocycles. The second-order valence-corrected chi connectivity index (χ2v) is 6.93. The van der Waals surface area contributed by atoms with Crippen LogP contribution in [0.3, 0.4) is 0 Å². The summed E-state index contributed by atoms with van der Waals surface area (Å²) < 4.78 is 17.2. The number of hydrogen-bond donors (Lipinski definition) is 0. The number of rotatable bonds is 4. The number of amides is 1. The van der Waals surface area contributed by atoms with Crippen molar-refractivity contribution in [3.05, 3.63) is 57.6 Å². The first-order chi connectivity index (χ1) is 12.5. The molecule has 136 valence electrons. The van der Waals surface area contributed by atoms with Crippen LogP contribution in [0.5, 0.6) is 5.75 Å². The highest BCUT2D eigenvalue weighted by molar-refractivity contribution is 6.44. The molecule has 0 radical (unpaired) electrons. The van der Waals surface area contributed by atoms with Gasteiger partial charge in [-0.1, -0.05) is 41.4 Å². The van der Waals surface area contributed by atoms with Gasteiger partial charge in [0, 0.05) is 5.56 Å². The summed E-state index contributed by atoms with van der Waals surface area (Å²) in [5, 5.41) is 0.683. The van der Waals surface area contributed by atoms with Crippen molar-refractivity contribution in [1.29, 1.82) is 0 Å². The van der Waals surface area contributed by atoms with Crippen molar-refractivity contribution < 1.29 is 19.0 Å². The van der Waals surface area contributed by atoms with Gasteiger partial charge in [-0.2, -0.15) is 0 Å². The van der Waals surface area contributed by atoms with Crippen LogP contribution in [-0.4, -0.2) is 32.3 Å². The van der Waals surface area contributed by atoms with E-state index in [2.05, 4.69) is 0 Å². The number of fused-ring (bicyclic) bond motifs is 2. The van der Waals surface area contributed by atoms with Crippen molar-refractivity contribution in [3.8, 4) is 5.75 Å². The Hall–Kier alpha value is -1.79. The Morgan fingerprint density at radius 3 is 2.62 bits per heavy atom. The van der Waals surface area contributed by atoms with Gasteiger partial charge in [-0.15, -0.1) is 0 Å². The van der Waals surface area contributed by atoms with E-state index in [1.807, 2.05) is 31.2 Å². The highest BCUT2D eigenvalue weighted by atomic mass is 35.5. The van der Waals surface area contributed by atoms with Crippen LogP contribution in [0.15, 0.2) is 36.4 Å². The molecule has 0 bridgehead atoms. The normalized spacial score (nSPS) is 17.8. The van der Waals surface area contributed by atoms with Crippen LogP contribution in [0.1, 0.15) is 11.1 Å². The summed E-state index contributed by atoms with van der Waals surface area (Å²) in [6.07, 6.45) is 0. The summed E-state index contributed by atoms with van der Waals surface area (Å²) >= 11 is 12.6. The number of anilines is 1. The number of ether oxygens (including phenoxy) is 3. The van der Waals surface area contributed by atoms with Gasteiger partial charge >= 0.3 is 0 Å². The molecule has 1 amide bonds. The number of halogens is 2. The van der Waals surface area contributed by atoms with Crippen molar-refractivity contribution in [1.82, 2.24) is 0 Å². The number of benzene rings is 2. The second kappa shape index (κ2) is 6.74. The average molecular weight is 394 g/mol. The van der Waals surface area contributed by atoms with E-state index in [4.69, 9.17) is 37.4 Å². The number of carbonyl (C=O) groups is 1. The Morgan fingerprint density at radius 2 is 1.88 bits per heavy atom. The molecule has 7 heteroatoms. The molecule has 0 N–H and O–H groups in total. The molecule has 0 unspecified atom stereocenters. The largest absolute Gasteiger partial charge is 0.491 e. The van der Waals surface area contributed by atoms with Crippen molar-refractivity contribution in [2.45, 2.75) is 12.7 Å². The molecule has 1 spiro atoms. The quantitative estimate of drug-likeness (QED) is 0.789. The first-order valence-corrected chi connectivity index (χ1v) is 9.07. The third-order valence-electron chi connectivity index (χ3n) is 4.58. The molecule has 0 aliphatic carbocycles. The predicted octanol–water partition coefficient (Wildman–Crippen LogP) is 3.93. The first-order valence-electron chi connectivity index (χ1n) is 8.31. The van der Waals surface area contributed by atoms with Gasteiger partial charge in [0.25, 0.3) is 11.7 Å². The minimum atomic E-state index is -1.42. The predicted molar refractivity (Wildman–Crippen MR) is 99.1 cm³/mol. The van der Waals surface area contributed by atoms with Crippen LogP contribution in [0.2, 0.25) is 10.0 Å². The molecule has 2 aliphatic rings. The maximum Gasteiger partial charge on any atom is 0.292 e. The molecule has 1 fully saturated rings.